The predicted molar refractivity (Wildman–Crippen MR) is 131 cm³/mol. The van der Waals surface area contributed by atoms with Gasteiger partial charge in [0.1, 0.15) is 18.2 Å². The molecule has 7 nitrogen and oxygen atoms in total. The lowest BCUT2D eigenvalue weighted by Crippen LogP contribution is -2.24. The molecule has 2 heterocycles. The number of pyridine rings is 2. The molecule has 0 aliphatic carbocycles. The number of aromatic hydroxyl groups is 1. The van der Waals surface area contributed by atoms with Crippen LogP contribution < -0.4 is 16.4 Å². The number of nitrogens with zero attached hydrogens (tertiary/aromatic N) is 2. The Balaban J connectivity index is 1.55. The number of hydrogen-bond donors (Lipinski definition) is 4. The minimum atomic E-state index is -0.684. The quantitative estimate of drug-likeness (QED) is 0.271. The molecule has 4 rings (SSSR count). The Morgan fingerprint density at radius 3 is 2.59 bits per heavy atom. The third kappa shape index (κ3) is 5.24. The average Bonchev–Trinajstić information content (AvgIpc) is 2.85. The lowest BCUT2D eigenvalue weighted by Gasteiger charge is -2.13. The number of anilines is 3. The van der Waals surface area contributed by atoms with Crippen molar-refractivity contribution in [2.75, 3.05) is 11.1 Å². The fourth-order valence-corrected chi connectivity index (χ4v) is 3.56. The first kappa shape index (κ1) is 23.0. The van der Waals surface area contributed by atoms with Crippen LogP contribution in [-0.2, 0) is 13.2 Å². The second-order valence-electron chi connectivity index (χ2n) is 7.46. The summed E-state index contributed by atoms with van der Waals surface area (Å²) in [7, 11) is 0. The molecule has 0 spiro atoms. The van der Waals surface area contributed by atoms with Crippen molar-refractivity contribution in [3.8, 4) is 17.0 Å². The van der Waals surface area contributed by atoms with Crippen molar-refractivity contribution in [1.29, 1.82) is 0 Å². The van der Waals surface area contributed by atoms with E-state index in [2.05, 4.69) is 20.6 Å². The third-order valence-electron chi connectivity index (χ3n) is 5.13. The molecule has 0 aliphatic heterocycles. The third-order valence-corrected chi connectivity index (χ3v) is 5.37. The molecule has 1 amide bonds. The summed E-state index contributed by atoms with van der Waals surface area (Å²) in [6.07, 6.45) is 3.29. The molecule has 0 aliphatic rings. The predicted octanol–water partition coefficient (Wildman–Crippen LogP) is 5.23. The van der Waals surface area contributed by atoms with Crippen LogP contribution in [-0.4, -0.2) is 21.0 Å². The van der Waals surface area contributed by atoms with Gasteiger partial charge in [0.15, 0.2) is 0 Å². The second-order valence-corrected chi connectivity index (χ2v) is 7.90. The van der Waals surface area contributed by atoms with E-state index in [0.29, 0.717) is 39.8 Å². The van der Waals surface area contributed by atoms with Gasteiger partial charge in [0.2, 0.25) is 0 Å². The molecule has 0 unspecified atom stereocenters. The summed E-state index contributed by atoms with van der Waals surface area (Å²) in [5.41, 5.74) is 9.52. The summed E-state index contributed by atoms with van der Waals surface area (Å²) in [5, 5.41) is 16.8. The molecule has 2 aromatic carbocycles. The smallest absolute Gasteiger partial charge is 0.255 e. The van der Waals surface area contributed by atoms with E-state index in [1.807, 2.05) is 0 Å². The van der Waals surface area contributed by atoms with Crippen LogP contribution in [0.15, 0.2) is 73.1 Å². The Morgan fingerprint density at radius 2 is 1.85 bits per heavy atom. The molecule has 5 N–H and O–H groups in total. The average molecular weight is 478 g/mol. The minimum Gasteiger partial charge on any atom is -0.507 e. The molecule has 0 radical (unpaired) electrons. The molecule has 4 aromatic rings. The zero-order chi connectivity index (χ0) is 24.1. The van der Waals surface area contributed by atoms with Crippen LogP contribution in [0.4, 0.5) is 21.6 Å². The molecule has 9 heteroatoms. The lowest BCUT2D eigenvalue weighted by molar-refractivity contribution is 0.0951. The molecule has 172 valence electrons. The van der Waals surface area contributed by atoms with E-state index >= 15 is 0 Å². The van der Waals surface area contributed by atoms with Crippen LogP contribution in [0.25, 0.3) is 11.3 Å². The maximum atomic E-state index is 13.4. The first-order valence-corrected chi connectivity index (χ1v) is 10.7. The van der Waals surface area contributed by atoms with Gasteiger partial charge in [-0.3, -0.25) is 9.78 Å². The van der Waals surface area contributed by atoms with Gasteiger partial charge < -0.3 is 21.5 Å². The Bertz CT molecular complexity index is 1330. The number of nitrogens with two attached hydrogens (primary N) is 1. The Hall–Kier alpha value is -4.17. The summed E-state index contributed by atoms with van der Waals surface area (Å²) in [6, 6.07) is 16.5. The van der Waals surface area contributed by atoms with E-state index in [0.717, 1.165) is 5.56 Å². The van der Waals surface area contributed by atoms with Crippen molar-refractivity contribution in [3.05, 3.63) is 94.8 Å². The van der Waals surface area contributed by atoms with Crippen molar-refractivity contribution >= 4 is 34.7 Å². The Morgan fingerprint density at radius 1 is 1.06 bits per heavy atom. The zero-order valence-corrected chi connectivity index (χ0v) is 18.7. The zero-order valence-electron chi connectivity index (χ0n) is 17.9. The molecule has 0 bridgehead atoms. The first-order chi connectivity index (χ1) is 16.4. The molecule has 0 atom stereocenters. The minimum absolute atomic E-state index is 0.0193. The molecule has 0 saturated heterocycles. The maximum Gasteiger partial charge on any atom is 0.255 e. The number of nitrogens with one attached hydrogen (secondary N) is 2. The maximum absolute atomic E-state index is 13.4. The number of phenols is 1. The number of nitrogen functional groups attached to an aromatic ring is 1. The SMILES string of the molecule is Nc1nc(-c2cc(Nc3ccc(Cl)cc3CF)ccc2O)ccc1C(=O)NCc1ccncc1. The van der Waals surface area contributed by atoms with Crippen LogP contribution in [0.2, 0.25) is 5.02 Å². The molecule has 0 fully saturated rings. The number of halogens is 2. The van der Waals surface area contributed by atoms with Crippen LogP contribution in [0, 0.1) is 0 Å². The van der Waals surface area contributed by atoms with Gasteiger partial charge in [-0.15, -0.1) is 0 Å². The number of phenolic OH excluding ortho intramolecular Hbond substituents is 1. The van der Waals surface area contributed by atoms with Gasteiger partial charge in [0, 0.05) is 46.5 Å². The summed E-state index contributed by atoms with van der Waals surface area (Å²) in [6.45, 7) is -0.362. The first-order valence-electron chi connectivity index (χ1n) is 10.3. The van der Waals surface area contributed by atoms with E-state index in [4.69, 9.17) is 17.3 Å². The number of rotatable bonds is 7. The van der Waals surface area contributed by atoms with E-state index in [1.165, 1.54) is 6.07 Å². The molecule has 2 aromatic heterocycles. The van der Waals surface area contributed by atoms with Crippen molar-refractivity contribution in [3.63, 3.8) is 0 Å². The highest BCUT2D eigenvalue weighted by molar-refractivity contribution is 6.30. The van der Waals surface area contributed by atoms with Crippen molar-refractivity contribution < 1.29 is 14.3 Å². The number of alkyl halides is 1. The number of carbonyl (C=O) groups excluding carboxylic acids is 1. The fraction of sp³-hybridized carbons (Fsp3) is 0.0800. The summed E-state index contributed by atoms with van der Waals surface area (Å²) < 4.78 is 13.4. The van der Waals surface area contributed by atoms with Crippen LogP contribution >= 0.6 is 11.6 Å². The summed E-state index contributed by atoms with van der Waals surface area (Å²) in [4.78, 5) is 20.8. The van der Waals surface area contributed by atoms with E-state index < -0.39 is 6.67 Å². The molecular formula is C25H21ClFN5O2. The van der Waals surface area contributed by atoms with Crippen molar-refractivity contribution in [2.45, 2.75) is 13.2 Å². The number of aromatic nitrogens is 2. The number of benzene rings is 2. The van der Waals surface area contributed by atoms with E-state index in [1.54, 1.807) is 67.0 Å². The molecule has 0 saturated carbocycles. The number of carbonyl (C=O) groups is 1. The standard InChI is InChI=1S/C25H21ClFN5O2/c26-17-1-4-21(16(11-17)13-27)31-18-2-6-23(33)20(12-18)22-5-3-19(24(28)32-22)25(34)30-14-15-7-9-29-10-8-15/h1-12,31,33H,13-14H2,(H2,28,32)(H,30,34). The van der Waals surface area contributed by atoms with Gasteiger partial charge in [-0.2, -0.15) is 0 Å². The summed E-state index contributed by atoms with van der Waals surface area (Å²) in [5.74, 6) is -0.358. The highest BCUT2D eigenvalue weighted by atomic mass is 35.5. The number of hydrogen-bond acceptors (Lipinski definition) is 6. The lowest BCUT2D eigenvalue weighted by atomic mass is 10.1. The van der Waals surface area contributed by atoms with Gasteiger partial charge in [0.25, 0.3) is 5.91 Å². The Labute approximate surface area is 200 Å². The second kappa shape index (κ2) is 10.2. The molecule has 34 heavy (non-hydrogen) atoms. The summed E-state index contributed by atoms with van der Waals surface area (Å²) >= 11 is 5.95. The van der Waals surface area contributed by atoms with Crippen LogP contribution in [0.3, 0.4) is 0 Å². The highest BCUT2D eigenvalue weighted by Crippen LogP contribution is 2.33. The number of amides is 1. The Kier molecular flexibility index (Phi) is 6.89. The van der Waals surface area contributed by atoms with Crippen LogP contribution in [0.5, 0.6) is 5.75 Å². The van der Waals surface area contributed by atoms with Crippen molar-refractivity contribution in [1.82, 2.24) is 15.3 Å². The van der Waals surface area contributed by atoms with Gasteiger partial charge in [-0.1, -0.05) is 11.6 Å². The van der Waals surface area contributed by atoms with Gasteiger partial charge in [0.05, 0.1) is 11.3 Å². The fourth-order valence-electron chi connectivity index (χ4n) is 3.36. The van der Waals surface area contributed by atoms with Crippen molar-refractivity contribution in [2.24, 2.45) is 0 Å². The topological polar surface area (TPSA) is 113 Å². The van der Waals surface area contributed by atoms with Crippen LogP contribution in [0.1, 0.15) is 21.5 Å². The normalized spacial score (nSPS) is 10.6. The van der Waals surface area contributed by atoms with Gasteiger partial charge in [-0.25, -0.2) is 9.37 Å². The highest BCUT2D eigenvalue weighted by Gasteiger charge is 2.15. The molecular weight excluding hydrogens is 457 g/mol. The van der Waals surface area contributed by atoms with Gasteiger partial charge in [-0.05, 0) is 66.2 Å². The monoisotopic (exact) mass is 477 g/mol. The van der Waals surface area contributed by atoms with E-state index in [-0.39, 0.29) is 23.0 Å². The van der Waals surface area contributed by atoms with Gasteiger partial charge >= 0.3 is 0 Å². The van der Waals surface area contributed by atoms with E-state index in [9.17, 15) is 14.3 Å². The largest absolute Gasteiger partial charge is 0.507 e.